The molecule has 6 nitrogen and oxygen atoms in total. The molecule has 2 aromatic rings. The lowest BCUT2D eigenvalue weighted by Crippen LogP contribution is -2.32. The average molecular weight is 343 g/mol. The number of fused-ring (bicyclic) bond motifs is 1. The maximum absolute atomic E-state index is 12.3. The average Bonchev–Trinajstić information content (AvgIpc) is 3.04. The first-order valence-electron chi connectivity index (χ1n) is 8.77. The molecule has 0 spiro atoms. The summed E-state index contributed by atoms with van der Waals surface area (Å²) in [6.07, 6.45) is 2.53. The summed E-state index contributed by atoms with van der Waals surface area (Å²) in [5, 5.41) is 7.11. The highest BCUT2D eigenvalue weighted by atomic mass is 16.5. The quantitative estimate of drug-likeness (QED) is 0.901. The molecule has 1 atom stereocenters. The van der Waals surface area contributed by atoms with Gasteiger partial charge >= 0.3 is 0 Å². The zero-order valence-corrected chi connectivity index (χ0v) is 15.0. The fourth-order valence-electron chi connectivity index (χ4n) is 2.82. The molecule has 1 aliphatic heterocycles. The summed E-state index contributed by atoms with van der Waals surface area (Å²) in [5.74, 6) is 2.19. The Balaban J connectivity index is 1.48. The van der Waals surface area contributed by atoms with E-state index in [2.05, 4.69) is 15.5 Å². The molecule has 0 bridgehead atoms. The number of carbonyl (C=O) groups is 1. The topological polar surface area (TPSA) is 77.2 Å². The van der Waals surface area contributed by atoms with E-state index in [0.29, 0.717) is 37.6 Å². The molecule has 25 heavy (non-hydrogen) atoms. The van der Waals surface area contributed by atoms with Gasteiger partial charge in [0.25, 0.3) is 0 Å². The van der Waals surface area contributed by atoms with Crippen molar-refractivity contribution >= 4 is 5.91 Å². The fourth-order valence-corrected chi connectivity index (χ4v) is 2.82. The summed E-state index contributed by atoms with van der Waals surface area (Å²) in [6, 6.07) is 7.88. The summed E-state index contributed by atoms with van der Waals surface area (Å²) < 4.78 is 10.9. The lowest BCUT2D eigenvalue weighted by molar-refractivity contribution is -0.122. The Kier molecular flexibility index (Phi) is 5.06. The second-order valence-electron chi connectivity index (χ2n) is 7.41. The van der Waals surface area contributed by atoms with Gasteiger partial charge in [0.2, 0.25) is 11.8 Å². The Morgan fingerprint density at radius 3 is 2.88 bits per heavy atom. The standard InChI is InChI=1S/C19H25N3O3/c1-19(2,3)18-21-17(25-22-18)10-6-9-16(23)20-14-11-12-24-15-8-5-4-7-13(14)15/h4-5,7-8,14H,6,9-12H2,1-3H3,(H,20,23)/t14-/m1/s1. The van der Waals surface area contributed by atoms with Crippen LogP contribution in [0, 0.1) is 0 Å². The Morgan fingerprint density at radius 1 is 1.32 bits per heavy atom. The largest absolute Gasteiger partial charge is 0.493 e. The van der Waals surface area contributed by atoms with Crippen LogP contribution in [0.25, 0.3) is 0 Å². The minimum absolute atomic E-state index is 0.0216. The Morgan fingerprint density at radius 2 is 2.12 bits per heavy atom. The van der Waals surface area contributed by atoms with Crippen molar-refractivity contribution in [2.45, 2.75) is 57.9 Å². The Bertz CT molecular complexity index is 734. The highest BCUT2D eigenvalue weighted by Gasteiger charge is 2.23. The molecule has 3 rings (SSSR count). The predicted octanol–water partition coefficient (Wildman–Crippen LogP) is 3.33. The van der Waals surface area contributed by atoms with Crippen LogP contribution in [0.4, 0.5) is 0 Å². The van der Waals surface area contributed by atoms with Gasteiger partial charge in [-0.05, 0) is 12.5 Å². The molecule has 2 heterocycles. The number of para-hydroxylation sites is 1. The van der Waals surface area contributed by atoms with Crippen LogP contribution in [0.1, 0.15) is 63.4 Å². The third kappa shape index (κ3) is 4.38. The SMILES string of the molecule is CC(C)(C)c1noc(CCCC(=O)N[C@@H]2CCOc3ccccc32)n1. The van der Waals surface area contributed by atoms with E-state index >= 15 is 0 Å². The Hall–Kier alpha value is -2.37. The second kappa shape index (κ2) is 7.25. The van der Waals surface area contributed by atoms with Crippen LogP contribution >= 0.6 is 0 Å². The van der Waals surface area contributed by atoms with Crippen molar-refractivity contribution in [3.63, 3.8) is 0 Å². The van der Waals surface area contributed by atoms with Crippen LogP contribution in [0.5, 0.6) is 5.75 Å². The van der Waals surface area contributed by atoms with E-state index in [1.807, 2.05) is 45.0 Å². The molecular weight excluding hydrogens is 318 g/mol. The zero-order chi connectivity index (χ0) is 17.9. The van der Waals surface area contributed by atoms with Crippen LogP contribution in [-0.2, 0) is 16.6 Å². The highest BCUT2D eigenvalue weighted by Crippen LogP contribution is 2.31. The van der Waals surface area contributed by atoms with E-state index in [0.717, 1.165) is 17.7 Å². The van der Waals surface area contributed by atoms with Gasteiger partial charge in [0.05, 0.1) is 12.6 Å². The number of amides is 1. The van der Waals surface area contributed by atoms with Crippen molar-refractivity contribution in [2.24, 2.45) is 0 Å². The summed E-state index contributed by atoms with van der Waals surface area (Å²) >= 11 is 0. The number of hydrogen-bond acceptors (Lipinski definition) is 5. The third-order valence-electron chi connectivity index (χ3n) is 4.23. The van der Waals surface area contributed by atoms with Crippen molar-refractivity contribution in [3.05, 3.63) is 41.5 Å². The molecular formula is C19H25N3O3. The van der Waals surface area contributed by atoms with Crippen LogP contribution in [0.3, 0.4) is 0 Å². The number of carbonyl (C=O) groups excluding carboxylic acids is 1. The first kappa shape index (κ1) is 17.5. The minimum Gasteiger partial charge on any atom is -0.493 e. The lowest BCUT2D eigenvalue weighted by Gasteiger charge is -2.26. The number of benzene rings is 1. The molecule has 0 radical (unpaired) electrons. The van der Waals surface area contributed by atoms with E-state index in [9.17, 15) is 4.79 Å². The highest BCUT2D eigenvalue weighted by molar-refractivity contribution is 5.76. The third-order valence-corrected chi connectivity index (χ3v) is 4.23. The van der Waals surface area contributed by atoms with Gasteiger partial charge in [-0.2, -0.15) is 4.98 Å². The number of aryl methyl sites for hydroxylation is 1. The number of ether oxygens (including phenoxy) is 1. The van der Waals surface area contributed by atoms with E-state index in [4.69, 9.17) is 9.26 Å². The van der Waals surface area contributed by atoms with Crippen molar-refractivity contribution in [3.8, 4) is 5.75 Å². The summed E-state index contributed by atoms with van der Waals surface area (Å²) in [5.41, 5.74) is 0.920. The molecule has 6 heteroatoms. The molecule has 1 aromatic heterocycles. The normalized spacial score (nSPS) is 16.8. The number of nitrogens with zero attached hydrogens (tertiary/aromatic N) is 2. The first-order valence-corrected chi connectivity index (χ1v) is 8.77. The van der Waals surface area contributed by atoms with E-state index in [-0.39, 0.29) is 17.4 Å². The molecule has 1 aromatic carbocycles. The van der Waals surface area contributed by atoms with Gasteiger partial charge in [-0.25, -0.2) is 0 Å². The van der Waals surface area contributed by atoms with E-state index < -0.39 is 0 Å². The number of nitrogens with one attached hydrogen (secondary N) is 1. The van der Waals surface area contributed by atoms with Crippen LogP contribution in [0.15, 0.2) is 28.8 Å². The number of rotatable bonds is 5. The molecule has 1 aliphatic rings. The minimum atomic E-state index is -0.129. The molecule has 1 N–H and O–H groups in total. The van der Waals surface area contributed by atoms with Gasteiger partial charge in [-0.3, -0.25) is 4.79 Å². The Labute approximate surface area is 148 Å². The molecule has 1 amide bonds. The van der Waals surface area contributed by atoms with Crippen molar-refractivity contribution in [1.29, 1.82) is 0 Å². The summed E-state index contributed by atoms with van der Waals surface area (Å²) in [6.45, 7) is 6.75. The number of hydrogen-bond donors (Lipinski definition) is 1. The van der Waals surface area contributed by atoms with Crippen molar-refractivity contribution in [2.75, 3.05) is 6.61 Å². The predicted molar refractivity (Wildman–Crippen MR) is 93.4 cm³/mol. The van der Waals surface area contributed by atoms with Gasteiger partial charge in [-0.15, -0.1) is 0 Å². The summed E-state index contributed by atoms with van der Waals surface area (Å²) in [7, 11) is 0. The van der Waals surface area contributed by atoms with Gasteiger partial charge in [0, 0.05) is 30.2 Å². The summed E-state index contributed by atoms with van der Waals surface area (Å²) in [4.78, 5) is 16.7. The van der Waals surface area contributed by atoms with Crippen molar-refractivity contribution in [1.82, 2.24) is 15.5 Å². The molecule has 0 unspecified atom stereocenters. The zero-order valence-electron chi connectivity index (χ0n) is 15.0. The smallest absolute Gasteiger partial charge is 0.226 e. The maximum Gasteiger partial charge on any atom is 0.226 e. The van der Waals surface area contributed by atoms with Crippen molar-refractivity contribution < 1.29 is 14.1 Å². The van der Waals surface area contributed by atoms with Crippen LogP contribution < -0.4 is 10.1 Å². The van der Waals surface area contributed by atoms with Crippen LogP contribution in [0.2, 0.25) is 0 Å². The molecule has 0 saturated carbocycles. The van der Waals surface area contributed by atoms with Gasteiger partial charge in [0.15, 0.2) is 5.82 Å². The number of aromatic nitrogens is 2. The molecule has 134 valence electrons. The fraction of sp³-hybridized carbons (Fsp3) is 0.526. The van der Waals surface area contributed by atoms with Gasteiger partial charge in [-0.1, -0.05) is 44.1 Å². The van der Waals surface area contributed by atoms with Gasteiger partial charge in [0.1, 0.15) is 5.75 Å². The van der Waals surface area contributed by atoms with E-state index in [1.165, 1.54) is 0 Å². The monoisotopic (exact) mass is 343 g/mol. The van der Waals surface area contributed by atoms with Crippen LogP contribution in [-0.4, -0.2) is 22.7 Å². The lowest BCUT2D eigenvalue weighted by atomic mass is 9.96. The van der Waals surface area contributed by atoms with Gasteiger partial charge < -0.3 is 14.6 Å². The second-order valence-corrected chi connectivity index (χ2v) is 7.41. The molecule has 0 saturated heterocycles. The van der Waals surface area contributed by atoms with E-state index in [1.54, 1.807) is 0 Å². The molecule has 0 aliphatic carbocycles. The maximum atomic E-state index is 12.3. The molecule has 0 fully saturated rings. The first-order chi connectivity index (χ1) is 11.9.